The number of fused-ring (bicyclic) bond motifs is 3. The molecule has 0 saturated carbocycles. The summed E-state index contributed by atoms with van der Waals surface area (Å²) in [5.74, 6) is 1.23. The maximum Gasteiger partial charge on any atom is 0.407 e. The van der Waals surface area contributed by atoms with Crippen LogP contribution >= 0.6 is 0 Å². The first-order valence-corrected chi connectivity index (χ1v) is 35.8. The van der Waals surface area contributed by atoms with Gasteiger partial charge in [0.2, 0.25) is 41.4 Å². The second-order valence-electron chi connectivity index (χ2n) is 27.5. The van der Waals surface area contributed by atoms with Gasteiger partial charge in [0.25, 0.3) is 0 Å². The number of amides is 7. The van der Waals surface area contributed by atoms with Crippen LogP contribution < -0.4 is 16.0 Å². The second-order valence-corrected chi connectivity index (χ2v) is 27.5. The zero-order valence-electron chi connectivity index (χ0n) is 58.3. The van der Waals surface area contributed by atoms with Crippen molar-refractivity contribution in [3.63, 3.8) is 0 Å². The molecule has 4 aliphatic rings. The van der Waals surface area contributed by atoms with Gasteiger partial charge in [0.05, 0.1) is 66.9 Å². The SMILES string of the molecule is COC(=O)N[C@H](C(=O)N1CCC[C@H]1C(=O)Nc1ccc2cc(-c3cnc(NC(=O)[C@@H]4CCCN4C(=O)Cc4ccccc4)nc3)ccc2n1)C(C)C.O=C(Cc1ccccc1)N1CCC[C@H]1c1ncc(-c2ccc3cc(-c4ccc5nc([C@@H]6CCCN6C(=O)Cc6ccccc6)[nH]c5c4)ccc3c2)[nH]1. The van der Waals surface area contributed by atoms with Crippen molar-refractivity contribution in [1.29, 1.82) is 0 Å². The second kappa shape index (κ2) is 31.1. The van der Waals surface area contributed by atoms with E-state index in [0.717, 1.165) is 134 Å². The standard InChI is InChI=1S/C44H40N6O2.C38H42N8O6/c51-41(23-29-9-3-1-4-10-29)49-21-7-13-39(49)43-45-28-38(48-43)35-18-17-31-25-32(15-16-33(31)26-35)34-19-20-36-37(27-34)47-44(46-36)40-14-8-22-50(40)42(52)24-30-11-5-2-6-12-30;1-23(2)33(43-38(51)52-3)36(50)46-18-8-12-30(46)34(48)42-31-16-14-26-20-25(13-15-28(26)41-31)27-21-39-37(40-22-27)44-35(49)29-11-7-17-45(29)32(47)19-24-9-5-4-6-10-24/h1-6,9-12,15-20,25-28,39-40H,7-8,13-14,21-24H2,(H,45,48)(H,46,47);4-6,9-10,13-16,20-23,29-30,33H,7-8,11-12,17-19H2,1-3H3,(H,43,51)(H,41,42,48)(H,39,40,44,49)/t39-,40-;29-,30-,33-/m00/s1. The average Bonchev–Trinajstić information content (AvgIpc) is 1.20. The van der Waals surface area contributed by atoms with Gasteiger partial charge in [-0.1, -0.05) is 141 Å². The molecule has 0 aliphatic carbocycles. The summed E-state index contributed by atoms with van der Waals surface area (Å²) < 4.78 is 4.68. The van der Waals surface area contributed by atoms with Crippen LogP contribution in [0.25, 0.3) is 66.2 Å². The Balaban J connectivity index is 0.000000175. The number of pyridine rings is 1. The van der Waals surface area contributed by atoms with Gasteiger partial charge < -0.3 is 44.9 Å². The summed E-state index contributed by atoms with van der Waals surface area (Å²) in [7, 11) is 1.24. The Labute approximate surface area is 602 Å². The molecule has 5 N–H and O–H groups in total. The number of alkyl carbamates (subject to hydrolysis) is 1. The number of hydrogen-bond donors (Lipinski definition) is 5. The van der Waals surface area contributed by atoms with Crippen LogP contribution in [0.2, 0.25) is 0 Å². The van der Waals surface area contributed by atoms with Gasteiger partial charge >= 0.3 is 6.09 Å². The van der Waals surface area contributed by atoms with Crippen molar-refractivity contribution in [2.75, 3.05) is 43.9 Å². The number of anilines is 2. The molecule has 22 heteroatoms. The van der Waals surface area contributed by atoms with E-state index in [-0.39, 0.29) is 65.8 Å². The first kappa shape index (κ1) is 69.2. The molecule has 104 heavy (non-hydrogen) atoms. The predicted molar refractivity (Wildman–Crippen MR) is 398 cm³/mol. The molecule has 528 valence electrons. The average molecular weight is 1390 g/mol. The molecule has 0 radical (unpaired) electrons. The quantitative estimate of drug-likeness (QED) is 0.0535. The van der Waals surface area contributed by atoms with Crippen molar-refractivity contribution in [3.05, 3.63) is 223 Å². The number of carbonyl (C=O) groups is 7. The molecule has 7 amide bonds. The molecule has 22 nitrogen and oxygen atoms in total. The number of benzene rings is 7. The number of aromatic nitrogens is 7. The number of nitrogens with one attached hydrogen (secondary N) is 5. The van der Waals surface area contributed by atoms with Crippen molar-refractivity contribution >= 4 is 86.0 Å². The van der Waals surface area contributed by atoms with E-state index in [1.54, 1.807) is 23.4 Å². The zero-order chi connectivity index (χ0) is 71.8. The summed E-state index contributed by atoms with van der Waals surface area (Å²) in [6.45, 7) is 6.09. The first-order valence-electron chi connectivity index (χ1n) is 35.8. The van der Waals surface area contributed by atoms with Crippen LogP contribution in [0.1, 0.15) is 106 Å². The van der Waals surface area contributed by atoms with Crippen molar-refractivity contribution in [3.8, 4) is 33.5 Å². The molecule has 7 aromatic carbocycles. The van der Waals surface area contributed by atoms with Crippen molar-refractivity contribution < 1.29 is 38.3 Å². The van der Waals surface area contributed by atoms with Gasteiger partial charge in [-0.15, -0.1) is 0 Å². The Hall–Kier alpha value is -11.9. The molecule has 0 unspecified atom stereocenters. The molecular formula is C82H82N14O8. The number of hydrogen-bond acceptors (Lipinski definition) is 13. The summed E-state index contributed by atoms with van der Waals surface area (Å²) in [5, 5.41) is 11.3. The molecule has 0 spiro atoms. The third kappa shape index (κ3) is 15.6. The minimum atomic E-state index is -0.820. The van der Waals surface area contributed by atoms with Crippen LogP contribution in [0.5, 0.6) is 0 Å². The van der Waals surface area contributed by atoms with E-state index in [9.17, 15) is 33.6 Å². The highest BCUT2D eigenvalue weighted by Gasteiger charge is 2.40. The number of methoxy groups -OCH3 is 1. The summed E-state index contributed by atoms with van der Waals surface area (Å²) in [6.07, 6.45) is 11.7. The topological polar surface area (TPSA) is 274 Å². The van der Waals surface area contributed by atoms with E-state index in [4.69, 9.17) is 9.97 Å². The number of nitrogens with zero attached hydrogens (tertiary/aromatic N) is 9. The van der Waals surface area contributed by atoms with Crippen LogP contribution in [0.15, 0.2) is 195 Å². The van der Waals surface area contributed by atoms with E-state index >= 15 is 0 Å². The first-order chi connectivity index (χ1) is 50.7. The largest absolute Gasteiger partial charge is 0.453 e. The number of carbonyl (C=O) groups excluding carboxylic acids is 7. The smallest absolute Gasteiger partial charge is 0.407 e. The summed E-state index contributed by atoms with van der Waals surface area (Å²) in [6, 6.07) is 55.8. The number of rotatable bonds is 18. The van der Waals surface area contributed by atoms with Gasteiger partial charge in [0, 0.05) is 55.1 Å². The monoisotopic (exact) mass is 1390 g/mol. The Bertz CT molecular complexity index is 4970. The molecule has 0 bridgehead atoms. The number of imidazole rings is 2. The van der Waals surface area contributed by atoms with E-state index in [2.05, 4.69) is 100 Å². The summed E-state index contributed by atoms with van der Waals surface area (Å²) in [5.41, 5.74) is 11.3. The fourth-order valence-electron chi connectivity index (χ4n) is 14.8. The highest BCUT2D eigenvalue weighted by atomic mass is 16.5. The van der Waals surface area contributed by atoms with E-state index in [1.165, 1.54) is 12.0 Å². The van der Waals surface area contributed by atoms with Gasteiger partial charge in [-0.05, 0) is 150 Å². The van der Waals surface area contributed by atoms with E-state index < -0.39 is 24.2 Å². The Morgan fingerprint density at radius 2 is 0.962 bits per heavy atom. The third-order valence-corrected chi connectivity index (χ3v) is 20.2. The number of ether oxygens (including phenoxy) is 1. The van der Waals surface area contributed by atoms with Gasteiger partial charge in [-0.2, -0.15) is 0 Å². The lowest BCUT2D eigenvalue weighted by molar-refractivity contribution is -0.139. The predicted octanol–water partition coefficient (Wildman–Crippen LogP) is 12.8. The highest BCUT2D eigenvalue weighted by Crippen LogP contribution is 2.37. The Morgan fingerprint density at radius 3 is 1.58 bits per heavy atom. The van der Waals surface area contributed by atoms with Crippen molar-refractivity contribution in [2.45, 2.75) is 115 Å². The van der Waals surface area contributed by atoms with Gasteiger partial charge in [-0.3, -0.25) is 34.1 Å². The lowest BCUT2D eigenvalue weighted by Crippen LogP contribution is -2.54. The van der Waals surface area contributed by atoms with E-state index in [1.807, 2.05) is 145 Å². The highest BCUT2D eigenvalue weighted by molar-refractivity contribution is 6.00. The minimum Gasteiger partial charge on any atom is -0.453 e. The molecule has 11 aromatic rings. The molecular weight excluding hydrogens is 1310 g/mol. The number of H-pyrrole nitrogens is 2. The number of aromatic amines is 2. The van der Waals surface area contributed by atoms with Crippen LogP contribution in [-0.4, -0.2) is 147 Å². The summed E-state index contributed by atoms with van der Waals surface area (Å²) >= 11 is 0. The normalized spacial score (nSPS) is 17.5. The Kier molecular flexibility index (Phi) is 20.7. The molecule has 5 atom stereocenters. The number of likely N-dealkylation sites (tertiary alicyclic amines) is 4. The molecule has 8 heterocycles. The van der Waals surface area contributed by atoms with Crippen LogP contribution in [0, 0.1) is 5.92 Å². The Morgan fingerprint density at radius 1 is 0.471 bits per heavy atom. The third-order valence-electron chi connectivity index (χ3n) is 20.2. The van der Waals surface area contributed by atoms with Crippen LogP contribution in [0.4, 0.5) is 16.6 Å². The van der Waals surface area contributed by atoms with Gasteiger partial charge in [-0.25, -0.2) is 29.7 Å². The van der Waals surface area contributed by atoms with Gasteiger partial charge in [0.15, 0.2) is 0 Å². The van der Waals surface area contributed by atoms with Crippen molar-refractivity contribution in [2.24, 2.45) is 5.92 Å². The fourth-order valence-corrected chi connectivity index (χ4v) is 14.8. The van der Waals surface area contributed by atoms with Gasteiger partial charge in [0.1, 0.15) is 35.6 Å². The molecule has 4 saturated heterocycles. The van der Waals surface area contributed by atoms with Crippen LogP contribution in [-0.2, 0) is 52.8 Å². The van der Waals surface area contributed by atoms with Crippen molar-refractivity contribution in [1.82, 2.24) is 59.8 Å². The van der Waals surface area contributed by atoms with E-state index in [0.29, 0.717) is 56.5 Å². The van der Waals surface area contributed by atoms with Crippen LogP contribution in [0.3, 0.4) is 0 Å². The minimum absolute atomic E-state index is 0.0319. The molecule has 4 aromatic heterocycles. The molecule has 4 fully saturated rings. The zero-order valence-corrected chi connectivity index (χ0v) is 58.3. The molecule has 4 aliphatic heterocycles. The lowest BCUT2D eigenvalue weighted by Gasteiger charge is -2.30. The fraction of sp³-hybridized carbons (Fsp3) is 0.293. The maximum absolute atomic E-state index is 13.4. The lowest BCUT2D eigenvalue weighted by atomic mass is 9.99. The maximum atomic E-state index is 13.4. The summed E-state index contributed by atoms with van der Waals surface area (Å²) in [4.78, 5) is 128. The molecule has 15 rings (SSSR count).